The van der Waals surface area contributed by atoms with Crippen LogP contribution in [0.25, 0.3) is 0 Å². The zero-order valence-electron chi connectivity index (χ0n) is 7.62. The maximum atomic E-state index is 11.1. The monoisotopic (exact) mass is 212 g/mol. The van der Waals surface area contributed by atoms with Crippen molar-refractivity contribution in [2.75, 3.05) is 7.11 Å². The van der Waals surface area contributed by atoms with Crippen molar-refractivity contribution in [3.63, 3.8) is 0 Å². The van der Waals surface area contributed by atoms with E-state index in [4.69, 9.17) is 11.6 Å². The number of hydrogen-bond donors (Lipinski definition) is 0. The molecule has 0 heterocycles. The minimum atomic E-state index is -0.819. The van der Waals surface area contributed by atoms with Crippen LogP contribution in [0.4, 0.5) is 0 Å². The SMILES string of the molecule is COC(=O)C(=O)Cc1ccc(Cl)cc1. The number of ether oxygens (including phenoxy) is 1. The molecule has 0 spiro atoms. The lowest BCUT2D eigenvalue weighted by Gasteiger charge is -1.99. The Morgan fingerprint density at radius 1 is 1.29 bits per heavy atom. The first kappa shape index (κ1) is 10.7. The van der Waals surface area contributed by atoms with E-state index in [0.29, 0.717) is 5.02 Å². The van der Waals surface area contributed by atoms with Gasteiger partial charge < -0.3 is 4.74 Å². The fourth-order valence-electron chi connectivity index (χ4n) is 0.974. The van der Waals surface area contributed by atoms with Crippen LogP contribution in [0.5, 0.6) is 0 Å². The molecule has 0 radical (unpaired) electrons. The van der Waals surface area contributed by atoms with E-state index in [1.165, 1.54) is 7.11 Å². The van der Waals surface area contributed by atoms with Gasteiger partial charge in [0, 0.05) is 11.4 Å². The minimum absolute atomic E-state index is 0.0455. The van der Waals surface area contributed by atoms with Crippen LogP contribution in [-0.4, -0.2) is 18.9 Å². The zero-order valence-corrected chi connectivity index (χ0v) is 8.38. The van der Waals surface area contributed by atoms with Gasteiger partial charge in [0.05, 0.1) is 7.11 Å². The third-order valence-electron chi connectivity index (χ3n) is 1.69. The average Bonchev–Trinajstić information content (AvgIpc) is 2.20. The number of halogens is 1. The largest absolute Gasteiger partial charge is 0.463 e. The second-order valence-corrected chi connectivity index (χ2v) is 3.15. The van der Waals surface area contributed by atoms with E-state index < -0.39 is 11.8 Å². The molecule has 0 unspecified atom stereocenters. The second kappa shape index (κ2) is 4.77. The van der Waals surface area contributed by atoms with E-state index in [0.717, 1.165) is 5.56 Å². The molecule has 1 aromatic rings. The molecule has 0 atom stereocenters. The lowest BCUT2D eigenvalue weighted by Crippen LogP contribution is -2.17. The van der Waals surface area contributed by atoms with E-state index in [1.807, 2.05) is 0 Å². The number of rotatable bonds is 3. The van der Waals surface area contributed by atoms with Crippen LogP contribution in [0.2, 0.25) is 5.02 Å². The van der Waals surface area contributed by atoms with Crippen LogP contribution in [0, 0.1) is 0 Å². The van der Waals surface area contributed by atoms with Crippen LogP contribution in [-0.2, 0) is 20.7 Å². The first-order valence-corrected chi connectivity index (χ1v) is 4.37. The molecule has 0 aliphatic rings. The molecule has 0 bridgehead atoms. The topological polar surface area (TPSA) is 43.4 Å². The molecule has 4 heteroatoms. The molecule has 1 aromatic carbocycles. The number of benzene rings is 1. The van der Waals surface area contributed by atoms with Crippen molar-refractivity contribution < 1.29 is 14.3 Å². The van der Waals surface area contributed by atoms with Crippen LogP contribution >= 0.6 is 11.6 Å². The highest BCUT2D eigenvalue weighted by molar-refractivity contribution is 6.34. The Morgan fingerprint density at radius 3 is 2.36 bits per heavy atom. The Kier molecular flexibility index (Phi) is 3.65. The van der Waals surface area contributed by atoms with Gasteiger partial charge in [-0.15, -0.1) is 0 Å². The molecule has 0 N–H and O–H groups in total. The lowest BCUT2D eigenvalue weighted by atomic mass is 10.1. The number of hydrogen-bond acceptors (Lipinski definition) is 3. The van der Waals surface area contributed by atoms with Gasteiger partial charge in [-0.25, -0.2) is 4.79 Å². The predicted octanol–water partition coefficient (Wildman–Crippen LogP) is 1.62. The smallest absolute Gasteiger partial charge is 0.374 e. The Balaban J connectivity index is 2.65. The second-order valence-electron chi connectivity index (χ2n) is 2.72. The van der Waals surface area contributed by atoms with Crippen LogP contribution in [0.3, 0.4) is 0 Å². The van der Waals surface area contributed by atoms with Gasteiger partial charge >= 0.3 is 5.97 Å². The number of carbonyl (C=O) groups is 2. The van der Waals surface area contributed by atoms with Crippen molar-refractivity contribution in [2.45, 2.75) is 6.42 Å². The van der Waals surface area contributed by atoms with Gasteiger partial charge in [-0.1, -0.05) is 23.7 Å². The van der Waals surface area contributed by atoms with Gasteiger partial charge in [-0.2, -0.15) is 0 Å². The Bertz CT molecular complexity index is 343. The van der Waals surface area contributed by atoms with Crippen LogP contribution < -0.4 is 0 Å². The van der Waals surface area contributed by atoms with Crippen LogP contribution in [0.15, 0.2) is 24.3 Å². The van der Waals surface area contributed by atoms with Crippen molar-refractivity contribution in [3.8, 4) is 0 Å². The fourth-order valence-corrected chi connectivity index (χ4v) is 1.10. The Morgan fingerprint density at radius 2 is 1.86 bits per heavy atom. The third-order valence-corrected chi connectivity index (χ3v) is 1.94. The molecular formula is C10H9ClO3. The van der Waals surface area contributed by atoms with Gasteiger partial charge in [0.25, 0.3) is 0 Å². The lowest BCUT2D eigenvalue weighted by molar-refractivity contribution is -0.151. The minimum Gasteiger partial charge on any atom is -0.463 e. The normalized spacial score (nSPS) is 9.57. The first-order chi connectivity index (χ1) is 6.63. The highest BCUT2D eigenvalue weighted by Crippen LogP contribution is 2.10. The molecule has 0 aliphatic carbocycles. The van der Waals surface area contributed by atoms with E-state index >= 15 is 0 Å². The molecular weight excluding hydrogens is 204 g/mol. The van der Waals surface area contributed by atoms with Crippen LogP contribution in [0.1, 0.15) is 5.56 Å². The van der Waals surface area contributed by atoms with Crippen molar-refractivity contribution in [2.24, 2.45) is 0 Å². The van der Waals surface area contributed by atoms with E-state index in [-0.39, 0.29) is 6.42 Å². The summed E-state index contributed by atoms with van der Waals surface area (Å²) in [5.74, 6) is -1.38. The van der Waals surface area contributed by atoms with Gasteiger partial charge in [0.15, 0.2) is 0 Å². The average molecular weight is 213 g/mol. The molecule has 0 fully saturated rings. The highest BCUT2D eigenvalue weighted by Gasteiger charge is 2.13. The summed E-state index contributed by atoms with van der Waals surface area (Å²) in [6, 6.07) is 6.73. The first-order valence-electron chi connectivity index (χ1n) is 3.99. The summed E-state index contributed by atoms with van der Waals surface area (Å²) in [4.78, 5) is 21.9. The van der Waals surface area contributed by atoms with Gasteiger partial charge in [0.1, 0.15) is 0 Å². The highest BCUT2D eigenvalue weighted by atomic mass is 35.5. The molecule has 3 nitrogen and oxygen atoms in total. The summed E-state index contributed by atoms with van der Waals surface area (Å²) in [5.41, 5.74) is 0.741. The molecule has 0 saturated heterocycles. The van der Waals surface area contributed by atoms with E-state index in [1.54, 1.807) is 24.3 Å². The summed E-state index contributed by atoms with van der Waals surface area (Å²) in [6.07, 6.45) is 0.0455. The Hall–Kier alpha value is -1.35. The quantitative estimate of drug-likeness (QED) is 0.565. The summed E-state index contributed by atoms with van der Waals surface area (Å²) < 4.78 is 4.29. The summed E-state index contributed by atoms with van der Waals surface area (Å²) in [5, 5.41) is 0.597. The molecule has 0 saturated carbocycles. The number of ketones is 1. The van der Waals surface area contributed by atoms with Crippen molar-refractivity contribution in [1.29, 1.82) is 0 Å². The molecule has 74 valence electrons. The maximum Gasteiger partial charge on any atom is 0.374 e. The van der Waals surface area contributed by atoms with E-state index in [2.05, 4.69) is 4.74 Å². The molecule has 14 heavy (non-hydrogen) atoms. The summed E-state index contributed by atoms with van der Waals surface area (Å²) >= 11 is 5.66. The van der Waals surface area contributed by atoms with Gasteiger partial charge in [0.2, 0.25) is 5.78 Å². The molecule has 0 aliphatic heterocycles. The summed E-state index contributed by atoms with van der Waals surface area (Å²) in [6.45, 7) is 0. The van der Waals surface area contributed by atoms with Crippen molar-refractivity contribution in [3.05, 3.63) is 34.9 Å². The third kappa shape index (κ3) is 2.85. The van der Waals surface area contributed by atoms with Crippen molar-refractivity contribution in [1.82, 2.24) is 0 Å². The number of Topliss-reactive ketones (excluding diaryl/α,β-unsaturated/α-hetero) is 1. The zero-order chi connectivity index (χ0) is 10.6. The number of carbonyl (C=O) groups excluding carboxylic acids is 2. The fraction of sp³-hybridized carbons (Fsp3) is 0.200. The summed E-state index contributed by atoms with van der Waals surface area (Å²) in [7, 11) is 1.18. The standard InChI is InChI=1S/C10H9ClO3/c1-14-10(13)9(12)6-7-2-4-8(11)5-3-7/h2-5H,6H2,1H3. The molecule has 0 aromatic heterocycles. The molecule has 1 rings (SSSR count). The predicted molar refractivity (Wildman–Crippen MR) is 52.2 cm³/mol. The maximum absolute atomic E-state index is 11.1. The molecule has 0 amide bonds. The number of methoxy groups -OCH3 is 1. The number of esters is 1. The van der Waals surface area contributed by atoms with Crippen molar-refractivity contribution >= 4 is 23.4 Å². The Labute approximate surface area is 86.6 Å². The van der Waals surface area contributed by atoms with Gasteiger partial charge in [-0.05, 0) is 17.7 Å². The van der Waals surface area contributed by atoms with E-state index in [9.17, 15) is 9.59 Å². The van der Waals surface area contributed by atoms with Gasteiger partial charge in [-0.3, -0.25) is 4.79 Å².